The van der Waals surface area contributed by atoms with E-state index in [1.54, 1.807) is 36.3 Å². The molecule has 0 spiro atoms. The molecule has 7 rings (SSSR count). The maximum absolute atomic E-state index is 14.4. The molecular weight excluding hydrogens is 540 g/mol. The molecule has 1 aromatic heterocycles. The lowest BCUT2D eigenvalue weighted by atomic mass is 9.89. The number of carbonyl (C=O) groups is 3. The first kappa shape index (κ1) is 27.3. The lowest BCUT2D eigenvalue weighted by molar-refractivity contribution is -0.120. The van der Waals surface area contributed by atoms with Crippen LogP contribution in [0.2, 0.25) is 0 Å². The van der Waals surface area contributed by atoms with Gasteiger partial charge in [0.15, 0.2) is 0 Å². The van der Waals surface area contributed by atoms with Gasteiger partial charge in [-0.2, -0.15) is 0 Å². The minimum atomic E-state index is -0.711. The zero-order chi connectivity index (χ0) is 29.5. The van der Waals surface area contributed by atoms with Crippen molar-refractivity contribution in [2.24, 2.45) is 0 Å². The number of nitrogens with one attached hydrogen (secondary N) is 2. The second kappa shape index (κ2) is 11.2. The van der Waals surface area contributed by atoms with E-state index < -0.39 is 18.1 Å². The van der Waals surface area contributed by atoms with Crippen molar-refractivity contribution in [3.63, 3.8) is 0 Å². The predicted molar refractivity (Wildman–Crippen MR) is 165 cm³/mol. The van der Waals surface area contributed by atoms with Crippen LogP contribution in [-0.4, -0.2) is 46.9 Å². The van der Waals surface area contributed by atoms with Gasteiger partial charge in [-0.25, -0.2) is 9.69 Å². The molecule has 220 valence electrons. The van der Waals surface area contributed by atoms with Crippen molar-refractivity contribution in [2.45, 2.75) is 69.5 Å². The van der Waals surface area contributed by atoms with Gasteiger partial charge in [-0.15, -0.1) is 0 Å². The van der Waals surface area contributed by atoms with Crippen molar-refractivity contribution in [3.05, 3.63) is 95.2 Å². The van der Waals surface area contributed by atoms with E-state index in [2.05, 4.69) is 16.4 Å². The monoisotopic (exact) mass is 576 g/mol. The highest BCUT2D eigenvalue weighted by atomic mass is 16.5. The number of methoxy groups -OCH3 is 1. The van der Waals surface area contributed by atoms with Gasteiger partial charge in [0.2, 0.25) is 0 Å². The smallest absolute Gasteiger partial charge is 0.332 e. The van der Waals surface area contributed by atoms with E-state index >= 15 is 0 Å². The Morgan fingerprint density at radius 2 is 1.65 bits per heavy atom. The quantitative estimate of drug-likeness (QED) is 0.265. The van der Waals surface area contributed by atoms with Gasteiger partial charge in [0.05, 0.1) is 18.4 Å². The van der Waals surface area contributed by atoms with Crippen LogP contribution in [0.3, 0.4) is 0 Å². The molecule has 0 radical (unpaired) electrons. The number of hydrogen-bond donors (Lipinski definition) is 2. The maximum Gasteiger partial charge on any atom is 0.332 e. The molecule has 8 nitrogen and oxygen atoms in total. The number of carbonyl (C=O) groups excluding carboxylic acids is 3. The lowest BCUT2D eigenvalue weighted by Gasteiger charge is -2.36. The molecule has 2 N–H and O–H groups in total. The van der Waals surface area contributed by atoms with Crippen LogP contribution in [0.4, 0.5) is 10.5 Å². The van der Waals surface area contributed by atoms with Gasteiger partial charge in [-0.05, 0) is 54.3 Å². The SMILES string of the molecule is COc1cccc([C@@H]2c3[nH]c4ccccc4c3C[C@H]3C(=O)N(c4ccccc4C(=O)NC4CCCCCCC4)C(=O)N23)c1. The molecule has 0 bridgehead atoms. The second-order valence-electron chi connectivity index (χ2n) is 11.9. The number of anilines is 1. The summed E-state index contributed by atoms with van der Waals surface area (Å²) in [4.78, 5) is 48.8. The Hall–Kier alpha value is -4.59. The first-order valence-corrected chi connectivity index (χ1v) is 15.3. The van der Waals surface area contributed by atoms with Gasteiger partial charge in [0.25, 0.3) is 11.8 Å². The van der Waals surface area contributed by atoms with E-state index in [1.165, 1.54) is 24.2 Å². The third-order valence-corrected chi connectivity index (χ3v) is 9.29. The van der Waals surface area contributed by atoms with Crippen LogP contribution < -0.4 is 15.0 Å². The average Bonchev–Trinajstić information content (AvgIpc) is 3.51. The summed E-state index contributed by atoms with van der Waals surface area (Å²) in [6.45, 7) is 0. The van der Waals surface area contributed by atoms with Crippen LogP contribution >= 0.6 is 0 Å². The summed E-state index contributed by atoms with van der Waals surface area (Å²) < 4.78 is 5.53. The first-order chi connectivity index (χ1) is 21.0. The number of para-hydroxylation sites is 2. The van der Waals surface area contributed by atoms with E-state index in [9.17, 15) is 14.4 Å². The number of amides is 4. The third-order valence-electron chi connectivity index (χ3n) is 9.29. The topological polar surface area (TPSA) is 94.7 Å². The zero-order valence-corrected chi connectivity index (χ0v) is 24.3. The summed E-state index contributed by atoms with van der Waals surface area (Å²) in [5.41, 5.74) is 4.40. The molecule has 8 heteroatoms. The van der Waals surface area contributed by atoms with Gasteiger partial charge in [0.1, 0.15) is 17.8 Å². The second-order valence-corrected chi connectivity index (χ2v) is 11.9. The van der Waals surface area contributed by atoms with E-state index in [-0.39, 0.29) is 17.9 Å². The molecule has 0 unspecified atom stereocenters. The van der Waals surface area contributed by atoms with Gasteiger partial charge in [-0.3, -0.25) is 14.5 Å². The third kappa shape index (κ3) is 4.75. The minimum Gasteiger partial charge on any atom is -0.497 e. The van der Waals surface area contributed by atoms with Crippen molar-refractivity contribution >= 4 is 34.4 Å². The number of benzene rings is 3. The number of imide groups is 1. The number of ether oxygens (including phenoxy) is 1. The van der Waals surface area contributed by atoms with Crippen molar-refractivity contribution in [3.8, 4) is 5.75 Å². The Balaban J connectivity index is 1.28. The fourth-order valence-corrected chi connectivity index (χ4v) is 7.18. The first-order valence-electron chi connectivity index (χ1n) is 15.3. The molecule has 43 heavy (non-hydrogen) atoms. The van der Waals surface area contributed by atoms with Gasteiger partial charge < -0.3 is 15.0 Å². The van der Waals surface area contributed by atoms with Crippen molar-refractivity contribution in [2.75, 3.05) is 12.0 Å². The van der Waals surface area contributed by atoms with Crippen LogP contribution in [-0.2, 0) is 11.2 Å². The summed E-state index contributed by atoms with van der Waals surface area (Å²) in [6, 6.07) is 21.1. The number of rotatable bonds is 5. The maximum atomic E-state index is 14.4. The number of aromatic amines is 1. The lowest BCUT2D eigenvalue weighted by Crippen LogP contribution is -2.44. The molecule has 1 aliphatic carbocycles. The Morgan fingerprint density at radius 3 is 2.47 bits per heavy atom. The van der Waals surface area contributed by atoms with Crippen molar-refractivity contribution < 1.29 is 19.1 Å². The predicted octanol–water partition coefficient (Wildman–Crippen LogP) is 6.50. The number of H-pyrrole nitrogens is 1. The highest BCUT2D eigenvalue weighted by Crippen LogP contribution is 2.45. The summed E-state index contributed by atoms with van der Waals surface area (Å²) in [7, 11) is 1.61. The number of hydrogen-bond acceptors (Lipinski definition) is 4. The van der Waals surface area contributed by atoms with Crippen LogP contribution in [0, 0.1) is 0 Å². The van der Waals surface area contributed by atoms with Crippen molar-refractivity contribution in [1.82, 2.24) is 15.2 Å². The summed E-state index contributed by atoms with van der Waals surface area (Å²) in [6.07, 6.45) is 8.07. The van der Waals surface area contributed by atoms with Crippen LogP contribution in [0.1, 0.15) is 78.2 Å². The summed E-state index contributed by atoms with van der Waals surface area (Å²) in [5, 5.41) is 4.26. The molecule has 4 aromatic rings. The van der Waals surface area contributed by atoms with Crippen molar-refractivity contribution in [1.29, 1.82) is 0 Å². The molecular formula is C35H36N4O4. The molecule has 1 saturated carbocycles. The molecule has 1 saturated heterocycles. The van der Waals surface area contributed by atoms with E-state index in [0.717, 1.165) is 53.4 Å². The molecule has 2 atom stereocenters. The number of aromatic nitrogens is 1. The summed E-state index contributed by atoms with van der Waals surface area (Å²) >= 11 is 0. The van der Waals surface area contributed by atoms with Gasteiger partial charge >= 0.3 is 6.03 Å². The molecule has 2 fully saturated rings. The van der Waals surface area contributed by atoms with Gasteiger partial charge in [-0.1, -0.05) is 74.6 Å². The largest absolute Gasteiger partial charge is 0.497 e. The van der Waals surface area contributed by atoms with Crippen LogP contribution in [0.25, 0.3) is 10.9 Å². The highest BCUT2D eigenvalue weighted by Gasteiger charge is 2.53. The average molecular weight is 577 g/mol. The summed E-state index contributed by atoms with van der Waals surface area (Å²) in [5.74, 6) is 0.107. The number of nitrogens with zero attached hydrogens (tertiary/aromatic N) is 2. The van der Waals surface area contributed by atoms with Crippen LogP contribution in [0.15, 0.2) is 72.8 Å². The Morgan fingerprint density at radius 1 is 0.907 bits per heavy atom. The number of fused-ring (bicyclic) bond motifs is 4. The molecule has 3 aromatic carbocycles. The number of urea groups is 1. The van der Waals surface area contributed by atoms with E-state index in [1.807, 2.05) is 42.5 Å². The normalized spacial score (nSPS) is 20.9. The van der Waals surface area contributed by atoms with E-state index in [0.29, 0.717) is 23.4 Å². The minimum absolute atomic E-state index is 0.0907. The fourth-order valence-electron chi connectivity index (χ4n) is 7.18. The Kier molecular flexibility index (Phi) is 7.13. The standard InChI is InChI=1S/C35H36N4O4/c1-43-24-15-11-12-22(20-24)32-31-27(25-16-7-9-18-28(25)37-31)21-30-34(41)39(35(42)38(30)32)29-19-10-8-17-26(29)33(40)36-23-13-5-3-2-4-6-14-23/h7-12,15-20,23,30,32,37H,2-6,13-14,21H2,1H3,(H,36,40)/t30-,32+/m0/s1. The highest BCUT2D eigenvalue weighted by molar-refractivity contribution is 6.24. The molecule has 4 amide bonds. The Labute approximate surface area is 251 Å². The fraction of sp³-hybridized carbons (Fsp3) is 0.343. The Bertz CT molecular complexity index is 1700. The molecule has 3 aliphatic rings. The van der Waals surface area contributed by atoms with Gasteiger partial charge in [0, 0.05) is 29.1 Å². The van der Waals surface area contributed by atoms with Crippen LogP contribution in [0.5, 0.6) is 5.75 Å². The zero-order valence-electron chi connectivity index (χ0n) is 24.3. The van der Waals surface area contributed by atoms with E-state index in [4.69, 9.17) is 4.74 Å². The molecule has 3 heterocycles. The molecule has 2 aliphatic heterocycles.